The molecule has 0 saturated carbocycles. The fourth-order valence-corrected chi connectivity index (χ4v) is 2.56. The van der Waals surface area contributed by atoms with E-state index in [0.29, 0.717) is 5.56 Å². The zero-order valence-electron chi connectivity index (χ0n) is 11.4. The Hall–Kier alpha value is -1.34. The van der Waals surface area contributed by atoms with Gasteiger partial charge >= 0.3 is 0 Å². The Kier molecular flexibility index (Phi) is 4.73. The van der Waals surface area contributed by atoms with Crippen molar-refractivity contribution in [3.63, 3.8) is 0 Å². The Labute approximate surface area is 129 Å². The number of carbonyl (C=O) groups is 2. The predicted octanol–water partition coefficient (Wildman–Crippen LogP) is 2.09. The number of alkyl halides is 2. The summed E-state index contributed by atoms with van der Waals surface area (Å²) in [4.78, 5) is 25.1. The van der Waals surface area contributed by atoms with Gasteiger partial charge in [0.15, 0.2) is 5.78 Å². The molecule has 4 nitrogen and oxygen atoms in total. The van der Waals surface area contributed by atoms with Gasteiger partial charge in [-0.1, -0.05) is 28.1 Å². The Bertz CT molecular complexity index is 548. The fraction of sp³-hybridized carbons (Fsp3) is 0.429. The summed E-state index contributed by atoms with van der Waals surface area (Å²) >= 11 is 3.26. The van der Waals surface area contributed by atoms with E-state index in [1.54, 1.807) is 24.3 Å². The molecule has 2 rings (SSSR count). The third-order valence-electron chi connectivity index (χ3n) is 3.40. The molecule has 1 N–H and O–H groups in total. The van der Waals surface area contributed by atoms with Crippen molar-refractivity contribution in [3.8, 4) is 0 Å². The highest BCUT2D eigenvalue weighted by Gasteiger charge is 2.46. The zero-order chi connectivity index (χ0) is 15.6. The summed E-state index contributed by atoms with van der Waals surface area (Å²) in [6, 6.07) is 5.82. The molecule has 1 amide bonds. The van der Waals surface area contributed by atoms with Gasteiger partial charge in [0.25, 0.3) is 5.92 Å². The van der Waals surface area contributed by atoms with Crippen LogP contribution in [0.4, 0.5) is 8.78 Å². The van der Waals surface area contributed by atoms with Gasteiger partial charge in [-0.25, -0.2) is 8.78 Å². The zero-order valence-corrected chi connectivity index (χ0v) is 13.0. The van der Waals surface area contributed by atoms with Crippen molar-refractivity contribution in [2.75, 3.05) is 20.1 Å². The van der Waals surface area contributed by atoms with Crippen molar-refractivity contribution < 1.29 is 18.4 Å². The minimum Gasteiger partial charge on any atom is -0.347 e. The topological polar surface area (TPSA) is 49.4 Å². The average Bonchev–Trinajstić information content (AvgIpc) is 2.70. The number of carbonyl (C=O) groups excluding carboxylic acids is 2. The smallest absolute Gasteiger partial charge is 0.262 e. The van der Waals surface area contributed by atoms with E-state index in [2.05, 4.69) is 21.2 Å². The van der Waals surface area contributed by atoms with E-state index in [1.165, 1.54) is 11.9 Å². The summed E-state index contributed by atoms with van der Waals surface area (Å²) < 4.78 is 27.3. The van der Waals surface area contributed by atoms with Crippen LogP contribution in [-0.2, 0) is 4.79 Å². The van der Waals surface area contributed by atoms with Crippen LogP contribution in [0, 0.1) is 0 Å². The van der Waals surface area contributed by atoms with Gasteiger partial charge in [-0.15, -0.1) is 0 Å². The highest BCUT2D eigenvalue weighted by molar-refractivity contribution is 9.10. The van der Waals surface area contributed by atoms with E-state index >= 15 is 0 Å². The molecule has 1 aliphatic rings. The second-order valence-electron chi connectivity index (χ2n) is 5.14. The number of Topliss-reactive ketones (excluding diaryl/α,β-unsaturated/α-hetero) is 1. The van der Waals surface area contributed by atoms with E-state index in [1.807, 2.05) is 0 Å². The van der Waals surface area contributed by atoms with Crippen LogP contribution < -0.4 is 5.32 Å². The van der Waals surface area contributed by atoms with Crippen molar-refractivity contribution in [2.24, 2.45) is 0 Å². The van der Waals surface area contributed by atoms with Crippen LogP contribution in [-0.4, -0.2) is 48.7 Å². The maximum atomic E-state index is 13.2. The van der Waals surface area contributed by atoms with Crippen LogP contribution in [0.25, 0.3) is 0 Å². The molecule has 0 aliphatic carbocycles. The molecule has 114 valence electrons. The second kappa shape index (κ2) is 6.19. The number of hydrogen-bond acceptors (Lipinski definition) is 3. The number of rotatable bonds is 4. The first-order chi connectivity index (χ1) is 9.78. The molecule has 0 radical (unpaired) electrons. The Balaban J connectivity index is 1.89. The van der Waals surface area contributed by atoms with Crippen LogP contribution in [0.3, 0.4) is 0 Å². The molecule has 0 spiro atoms. The number of hydrogen-bond donors (Lipinski definition) is 1. The SMILES string of the molecule is CN1CC(F)(F)C[C@H]1C(=O)NCC(=O)c1ccc(Br)cc1. The quantitative estimate of drug-likeness (QED) is 0.836. The maximum Gasteiger partial charge on any atom is 0.262 e. The lowest BCUT2D eigenvalue weighted by Gasteiger charge is -2.17. The summed E-state index contributed by atoms with van der Waals surface area (Å²) in [5.41, 5.74) is 0.462. The minimum absolute atomic E-state index is 0.198. The molecule has 21 heavy (non-hydrogen) atoms. The van der Waals surface area contributed by atoms with E-state index in [-0.39, 0.29) is 12.3 Å². The van der Waals surface area contributed by atoms with Gasteiger partial charge in [-0.05, 0) is 19.2 Å². The van der Waals surface area contributed by atoms with Crippen LogP contribution in [0.1, 0.15) is 16.8 Å². The summed E-state index contributed by atoms with van der Waals surface area (Å²) in [5, 5.41) is 2.43. The maximum absolute atomic E-state index is 13.2. The molecule has 1 aliphatic heterocycles. The third-order valence-corrected chi connectivity index (χ3v) is 3.93. The highest BCUT2D eigenvalue weighted by Crippen LogP contribution is 2.30. The molecule has 1 fully saturated rings. The van der Waals surface area contributed by atoms with Crippen LogP contribution >= 0.6 is 15.9 Å². The first-order valence-corrected chi connectivity index (χ1v) is 7.22. The van der Waals surface area contributed by atoms with Gasteiger partial charge in [0.1, 0.15) is 0 Å². The van der Waals surface area contributed by atoms with Crippen LogP contribution in [0.5, 0.6) is 0 Å². The van der Waals surface area contributed by atoms with E-state index in [0.717, 1.165) is 4.47 Å². The third kappa shape index (κ3) is 4.07. The molecular formula is C14H15BrF2N2O2. The first kappa shape index (κ1) is 16.0. The monoisotopic (exact) mass is 360 g/mol. The van der Waals surface area contributed by atoms with Gasteiger partial charge in [0, 0.05) is 16.5 Å². The molecule has 7 heteroatoms. The molecule has 1 atom stereocenters. The van der Waals surface area contributed by atoms with Crippen molar-refractivity contribution >= 4 is 27.6 Å². The average molecular weight is 361 g/mol. The molecule has 0 bridgehead atoms. The molecule has 1 aromatic rings. The first-order valence-electron chi connectivity index (χ1n) is 6.43. The number of amides is 1. The number of ketones is 1. The molecule has 1 saturated heterocycles. The number of halogens is 3. The van der Waals surface area contributed by atoms with Crippen LogP contribution in [0.2, 0.25) is 0 Å². The Morgan fingerprint density at radius 1 is 1.38 bits per heavy atom. The Morgan fingerprint density at radius 2 is 2.00 bits per heavy atom. The largest absolute Gasteiger partial charge is 0.347 e. The summed E-state index contributed by atoms with van der Waals surface area (Å²) in [7, 11) is 1.47. The molecule has 0 aromatic heterocycles. The van der Waals surface area contributed by atoms with Gasteiger partial charge in [-0.2, -0.15) is 0 Å². The summed E-state index contributed by atoms with van der Waals surface area (Å²) in [6.07, 6.45) is -0.512. The van der Waals surface area contributed by atoms with Gasteiger partial charge in [-0.3, -0.25) is 14.5 Å². The molecule has 0 unspecified atom stereocenters. The minimum atomic E-state index is -2.85. The lowest BCUT2D eigenvalue weighted by Crippen LogP contribution is -2.43. The second-order valence-corrected chi connectivity index (χ2v) is 6.05. The van der Waals surface area contributed by atoms with E-state index < -0.39 is 30.8 Å². The summed E-state index contributed by atoms with van der Waals surface area (Å²) in [6.45, 7) is -0.637. The Morgan fingerprint density at radius 3 is 2.52 bits per heavy atom. The van der Waals surface area contributed by atoms with Crippen molar-refractivity contribution in [1.29, 1.82) is 0 Å². The standard InChI is InChI=1S/C14H15BrF2N2O2/c1-19-8-14(16,17)6-11(19)13(21)18-7-12(20)9-2-4-10(15)5-3-9/h2-5,11H,6-8H2,1H3,(H,18,21)/t11-/m0/s1. The van der Waals surface area contributed by atoms with E-state index in [4.69, 9.17) is 0 Å². The predicted molar refractivity (Wildman–Crippen MR) is 77.5 cm³/mol. The molecular weight excluding hydrogens is 346 g/mol. The highest BCUT2D eigenvalue weighted by atomic mass is 79.9. The van der Waals surface area contributed by atoms with Crippen LogP contribution in [0.15, 0.2) is 28.7 Å². The van der Waals surface area contributed by atoms with Gasteiger partial charge in [0.2, 0.25) is 5.91 Å². The lowest BCUT2D eigenvalue weighted by atomic mass is 10.1. The van der Waals surface area contributed by atoms with Gasteiger partial charge < -0.3 is 5.32 Å². The van der Waals surface area contributed by atoms with Crippen molar-refractivity contribution in [1.82, 2.24) is 10.2 Å². The number of likely N-dealkylation sites (N-methyl/N-ethyl adjacent to an activating group) is 1. The number of benzene rings is 1. The van der Waals surface area contributed by atoms with E-state index in [9.17, 15) is 18.4 Å². The number of nitrogens with zero attached hydrogens (tertiary/aromatic N) is 1. The van der Waals surface area contributed by atoms with Gasteiger partial charge in [0.05, 0.1) is 19.1 Å². The fourth-order valence-electron chi connectivity index (χ4n) is 2.29. The molecule has 1 aromatic carbocycles. The number of nitrogens with one attached hydrogen (secondary N) is 1. The molecule has 1 heterocycles. The number of likely N-dealkylation sites (tertiary alicyclic amines) is 1. The normalized spacial score (nSPS) is 21.2. The lowest BCUT2D eigenvalue weighted by molar-refractivity contribution is -0.125. The van der Waals surface area contributed by atoms with Crippen molar-refractivity contribution in [3.05, 3.63) is 34.3 Å². The summed E-state index contributed by atoms with van der Waals surface area (Å²) in [5.74, 6) is -3.66. The van der Waals surface area contributed by atoms with Crippen molar-refractivity contribution in [2.45, 2.75) is 18.4 Å².